The predicted molar refractivity (Wildman–Crippen MR) is 91.9 cm³/mol. The van der Waals surface area contributed by atoms with E-state index in [-0.39, 0.29) is 5.82 Å². The number of nitrogens with one attached hydrogen (secondary N) is 2. The Morgan fingerprint density at radius 1 is 1.17 bits per heavy atom. The number of halogens is 1. The highest BCUT2D eigenvalue weighted by Crippen LogP contribution is 2.06. The van der Waals surface area contributed by atoms with E-state index in [1.54, 1.807) is 18.3 Å². The van der Waals surface area contributed by atoms with Crippen LogP contribution >= 0.6 is 0 Å². The molecule has 23 heavy (non-hydrogen) atoms. The third-order valence-corrected chi connectivity index (χ3v) is 3.49. The van der Waals surface area contributed by atoms with E-state index < -0.39 is 0 Å². The first-order valence-corrected chi connectivity index (χ1v) is 7.86. The van der Waals surface area contributed by atoms with E-state index in [0.717, 1.165) is 17.8 Å². The Balaban J connectivity index is 1.92. The molecular formula is C18H23FN4. The van der Waals surface area contributed by atoms with Crippen LogP contribution in [0.5, 0.6) is 0 Å². The number of rotatable bonds is 6. The van der Waals surface area contributed by atoms with Crippen molar-refractivity contribution in [1.82, 2.24) is 15.6 Å². The molecule has 1 heterocycles. The van der Waals surface area contributed by atoms with E-state index in [0.29, 0.717) is 31.0 Å². The minimum Gasteiger partial charge on any atom is -0.357 e. The number of benzene rings is 1. The van der Waals surface area contributed by atoms with E-state index >= 15 is 0 Å². The molecule has 2 N–H and O–H groups in total. The molecule has 0 saturated heterocycles. The molecule has 0 saturated carbocycles. The van der Waals surface area contributed by atoms with Gasteiger partial charge in [0.25, 0.3) is 0 Å². The molecule has 2 aromatic rings. The number of aromatic nitrogens is 1. The Morgan fingerprint density at radius 2 is 2.00 bits per heavy atom. The van der Waals surface area contributed by atoms with Gasteiger partial charge in [-0.15, -0.1) is 0 Å². The normalized spacial score (nSPS) is 11.3. The summed E-state index contributed by atoms with van der Waals surface area (Å²) < 4.78 is 13.6. The first-order chi connectivity index (χ1) is 11.2. The average molecular weight is 314 g/mol. The van der Waals surface area contributed by atoms with Crippen molar-refractivity contribution in [2.75, 3.05) is 13.1 Å². The lowest BCUT2D eigenvalue weighted by atomic mass is 10.1. The molecule has 5 heteroatoms. The predicted octanol–water partition coefficient (Wildman–Crippen LogP) is 2.83. The molecule has 0 radical (unpaired) electrons. The van der Waals surface area contributed by atoms with Gasteiger partial charge in [0.15, 0.2) is 5.96 Å². The number of aliphatic imine (C=N–C) groups is 1. The molecule has 0 amide bonds. The second-order valence-corrected chi connectivity index (χ2v) is 5.23. The number of hydrogen-bond donors (Lipinski definition) is 2. The fourth-order valence-electron chi connectivity index (χ4n) is 2.20. The number of guanidine groups is 1. The first kappa shape index (κ1) is 16.9. The van der Waals surface area contributed by atoms with Gasteiger partial charge in [-0.25, -0.2) is 9.38 Å². The molecular weight excluding hydrogens is 291 g/mol. The maximum Gasteiger partial charge on any atom is 0.191 e. The molecule has 0 aliphatic carbocycles. The molecule has 0 unspecified atom stereocenters. The van der Waals surface area contributed by atoms with Gasteiger partial charge in [-0.2, -0.15) is 0 Å². The summed E-state index contributed by atoms with van der Waals surface area (Å²) in [6.07, 6.45) is 2.39. The third kappa shape index (κ3) is 5.36. The molecule has 0 fully saturated rings. The average Bonchev–Trinajstić information content (AvgIpc) is 2.55. The zero-order valence-corrected chi connectivity index (χ0v) is 13.6. The molecule has 2 rings (SSSR count). The van der Waals surface area contributed by atoms with Crippen LogP contribution in [0.2, 0.25) is 0 Å². The summed E-state index contributed by atoms with van der Waals surface area (Å²) in [6.45, 7) is 5.94. The van der Waals surface area contributed by atoms with E-state index in [9.17, 15) is 4.39 Å². The molecule has 0 atom stereocenters. The maximum atomic E-state index is 13.6. The van der Waals surface area contributed by atoms with Gasteiger partial charge in [0.2, 0.25) is 0 Å². The number of pyridine rings is 1. The Labute approximate surface area is 136 Å². The van der Waals surface area contributed by atoms with E-state index in [4.69, 9.17) is 0 Å². The van der Waals surface area contributed by atoms with Crippen LogP contribution in [0.1, 0.15) is 23.7 Å². The Morgan fingerprint density at radius 3 is 2.74 bits per heavy atom. The summed E-state index contributed by atoms with van der Waals surface area (Å²) in [5.41, 5.74) is 2.79. The first-order valence-electron chi connectivity index (χ1n) is 7.86. The largest absolute Gasteiger partial charge is 0.357 e. The van der Waals surface area contributed by atoms with Crippen molar-refractivity contribution >= 4 is 5.96 Å². The fourth-order valence-corrected chi connectivity index (χ4v) is 2.20. The van der Waals surface area contributed by atoms with Crippen molar-refractivity contribution in [3.05, 3.63) is 65.2 Å². The van der Waals surface area contributed by atoms with Gasteiger partial charge in [0.1, 0.15) is 5.82 Å². The summed E-state index contributed by atoms with van der Waals surface area (Å²) in [7, 11) is 0. The summed E-state index contributed by atoms with van der Waals surface area (Å²) in [6, 6.07) is 10.8. The summed E-state index contributed by atoms with van der Waals surface area (Å²) in [4.78, 5) is 8.87. The highest BCUT2D eigenvalue weighted by Gasteiger charge is 2.03. The van der Waals surface area contributed by atoms with Crippen molar-refractivity contribution in [3.63, 3.8) is 0 Å². The zero-order valence-electron chi connectivity index (χ0n) is 13.6. The van der Waals surface area contributed by atoms with Gasteiger partial charge in [-0.3, -0.25) is 4.98 Å². The zero-order chi connectivity index (χ0) is 16.5. The third-order valence-electron chi connectivity index (χ3n) is 3.49. The van der Waals surface area contributed by atoms with Crippen molar-refractivity contribution in [1.29, 1.82) is 0 Å². The van der Waals surface area contributed by atoms with E-state index in [2.05, 4.69) is 20.6 Å². The van der Waals surface area contributed by atoms with Crippen LogP contribution in [0, 0.1) is 12.7 Å². The second-order valence-electron chi connectivity index (χ2n) is 5.23. The quantitative estimate of drug-likeness (QED) is 0.637. The van der Waals surface area contributed by atoms with Gasteiger partial charge >= 0.3 is 0 Å². The monoisotopic (exact) mass is 314 g/mol. The molecule has 0 aliphatic heterocycles. The lowest BCUT2D eigenvalue weighted by Gasteiger charge is -2.12. The molecule has 122 valence electrons. The maximum absolute atomic E-state index is 13.6. The molecule has 0 spiro atoms. The number of aryl methyl sites for hydroxylation is 1. The lowest BCUT2D eigenvalue weighted by Crippen LogP contribution is -2.38. The Hall–Kier alpha value is -2.43. The standard InChI is InChI=1S/C18H23FN4/c1-3-20-18(23-13-17-14(2)7-6-11-21-17)22-12-10-15-8-4-5-9-16(15)19/h4-9,11H,3,10,12-13H2,1-2H3,(H2,20,22,23). The minimum absolute atomic E-state index is 0.166. The van der Waals surface area contributed by atoms with Crippen LogP contribution in [-0.4, -0.2) is 24.0 Å². The minimum atomic E-state index is -0.166. The van der Waals surface area contributed by atoms with Gasteiger partial charge in [-0.1, -0.05) is 24.3 Å². The van der Waals surface area contributed by atoms with E-state index in [1.807, 2.05) is 32.0 Å². The van der Waals surface area contributed by atoms with Crippen LogP contribution < -0.4 is 10.6 Å². The summed E-state index contributed by atoms with van der Waals surface area (Å²) in [5.74, 6) is 0.550. The molecule has 0 aliphatic rings. The van der Waals surface area contributed by atoms with Crippen LogP contribution in [-0.2, 0) is 13.0 Å². The SMILES string of the molecule is CCNC(=NCc1ncccc1C)NCCc1ccccc1F. The van der Waals surface area contributed by atoms with Gasteiger partial charge in [0, 0.05) is 19.3 Å². The van der Waals surface area contributed by atoms with Crippen LogP contribution in [0.25, 0.3) is 0 Å². The van der Waals surface area contributed by atoms with Gasteiger partial charge < -0.3 is 10.6 Å². The highest BCUT2D eigenvalue weighted by molar-refractivity contribution is 5.79. The van der Waals surface area contributed by atoms with Crippen LogP contribution in [0.15, 0.2) is 47.6 Å². The Bertz CT molecular complexity index is 655. The number of nitrogens with zero attached hydrogens (tertiary/aromatic N) is 2. The summed E-state index contributed by atoms with van der Waals surface area (Å²) >= 11 is 0. The van der Waals surface area contributed by atoms with Crippen molar-refractivity contribution < 1.29 is 4.39 Å². The molecule has 1 aromatic carbocycles. The second kappa shape index (κ2) is 8.88. The van der Waals surface area contributed by atoms with Crippen LogP contribution in [0.3, 0.4) is 0 Å². The van der Waals surface area contributed by atoms with E-state index in [1.165, 1.54) is 6.07 Å². The molecule has 1 aromatic heterocycles. The van der Waals surface area contributed by atoms with Crippen molar-refractivity contribution in [3.8, 4) is 0 Å². The topological polar surface area (TPSA) is 49.3 Å². The highest BCUT2D eigenvalue weighted by atomic mass is 19.1. The van der Waals surface area contributed by atoms with Gasteiger partial charge in [0.05, 0.1) is 12.2 Å². The molecule has 4 nitrogen and oxygen atoms in total. The lowest BCUT2D eigenvalue weighted by molar-refractivity contribution is 0.606. The fraction of sp³-hybridized carbons (Fsp3) is 0.333. The van der Waals surface area contributed by atoms with Crippen molar-refractivity contribution in [2.45, 2.75) is 26.8 Å². The van der Waals surface area contributed by atoms with Gasteiger partial charge in [-0.05, 0) is 43.5 Å². The summed E-state index contributed by atoms with van der Waals surface area (Å²) in [5, 5.41) is 6.42. The number of hydrogen-bond acceptors (Lipinski definition) is 2. The smallest absolute Gasteiger partial charge is 0.191 e. The Kier molecular flexibility index (Phi) is 6.54. The molecule has 0 bridgehead atoms. The van der Waals surface area contributed by atoms with Crippen LogP contribution in [0.4, 0.5) is 4.39 Å². The van der Waals surface area contributed by atoms with Crippen molar-refractivity contribution in [2.24, 2.45) is 4.99 Å².